The SMILES string of the molecule is Cl.O=C(O)[C@H](CCO)NCl. The predicted molar refractivity (Wildman–Crippen MR) is 39.4 cm³/mol. The van der Waals surface area contributed by atoms with E-state index in [4.69, 9.17) is 22.0 Å². The third kappa shape index (κ3) is 4.81. The van der Waals surface area contributed by atoms with Crippen molar-refractivity contribution in [2.45, 2.75) is 12.5 Å². The molecule has 0 aliphatic heterocycles. The van der Waals surface area contributed by atoms with Crippen LogP contribution in [0.5, 0.6) is 0 Å². The van der Waals surface area contributed by atoms with Gasteiger partial charge in [0.1, 0.15) is 6.04 Å². The first-order chi connectivity index (χ1) is 4.22. The lowest BCUT2D eigenvalue weighted by molar-refractivity contribution is -0.139. The predicted octanol–water partition coefficient (Wildman–Crippen LogP) is -0.0128. The molecule has 3 N–H and O–H groups in total. The Hall–Kier alpha value is -0.0300. The molecule has 0 spiro atoms. The summed E-state index contributed by atoms with van der Waals surface area (Å²) in [6.45, 7) is -0.184. The summed E-state index contributed by atoms with van der Waals surface area (Å²) in [5, 5.41) is 16.5. The first-order valence-electron chi connectivity index (χ1n) is 2.42. The number of nitrogens with one attached hydrogen (secondary N) is 1. The Bertz CT molecular complexity index is 101. The minimum Gasteiger partial charge on any atom is -0.480 e. The number of hydrogen-bond donors (Lipinski definition) is 3. The lowest BCUT2D eigenvalue weighted by Gasteiger charge is -2.05. The third-order valence-corrected chi connectivity index (χ3v) is 1.11. The van der Waals surface area contributed by atoms with Gasteiger partial charge in [-0.1, -0.05) is 0 Å². The van der Waals surface area contributed by atoms with Gasteiger partial charge >= 0.3 is 5.97 Å². The van der Waals surface area contributed by atoms with Crippen LogP contribution in [0.3, 0.4) is 0 Å². The maximum atomic E-state index is 10.1. The fraction of sp³-hybridized carbons (Fsp3) is 0.750. The molecule has 62 valence electrons. The van der Waals surface area contributed by atoms with Crippen molar-refractivity contribution in [1.29, 1.82) is 0 Å². The molecule has 4 nitrogen and oxygen atoms in total. The van der Waals surface area contributed by atoms with Gasteiger partial charge in [-0.05, 0) is 18.2 Å². The molecule has 0 unspecified atom stereocenters. The van der Waals surface area contributed by atoms with Gasteiger partial charge in [0.2, 0.25) is 0 Å². The average Bonchev–Trinajstić information content (AvgIpc) is 1.82. The summed E-state index contributed by atoms with van der Waals surface area (Å²) in [6.07, 6.45) is 0.124. The van der Waals surface area contributed by atoms with Crippen molar-refractivity contribution >= 4 is 30.2 Å². The molecule has 0 aromatic heterocycles. The summed E-state index contributed by atoms with van der Waals surface area (Å²) < 4.78 is 0. The number of hydrogen-bond acceptors (Lipinski definition) is 3. The van der Waals surface area contributed by atoms with Gasteiger partial charge in [-0.2, -0.15) is 0 Å². The van der Waals surface area contributed by atoms with E-state index in [1.807, 2.05) is 4.84 Å². The lowest BCUT2D eigenvalue weighted by Crippen LogP contribution is -2.31. The molecule has 0 bridgehead atoms. The highest BCUT2D eigenvalue weighted by Gasteiger charge is 2.13. The van der Waals surface area contributed by atoms with Crippen LogP contribution >= 0.6 is 24.2 Å². The molecule has 0 aromatic carbocycles. The Kier molecular flexibility index (Phi) is 8.94. The van der Waals surface area contributed by atoms with Crippen molar-refractivity contribution in [2.24, 2.45) is 0 Å². The molecule has 0 saturated carbocycles. The van der Waals surface area contributed by atoms with Crippen LogP contribution in [-0.4, -0.2) is 28.8 Å². The molecule has 0 radical (unpaired) electrons. The van der Waals surface area contributed by atoms with Crippen LogP contribution in [0.1, 0.15) is 6.42 Å². The highest BCUT2D eigenvalue weighted by atomic mass is 35.5. The van der Waals surface area contributed by atoms with Gasteiger partial charge in [0, 0.05) is 6.61 Å². The van der Waals surface area contributed by atoms with Gasteiger partial charge in [-0.3, -0.25) is 4.79 Å². The monoisotopic (exact) mass is 189 g/mol. The van der Waals surface area contributed by atoms with E-state index >= 15 is 0 Å². The Morgan fingerprint density at radius 2 is 2.20 bits per heavy atom. The Morgan fingerprint density at radius 1 is 1.70 bits per heavy atom. The Morgan fingerprint density at radius 3 is 2.30 bits per heavy atom. The van der Waals surface area contributed by atoms with Crippen LogP contribution in [0.2, 0.25) is 0 Å². The van der Waals surface area contributed by atoms with Crippen molar-refractivity contribution in [3.8, 4) is 0 Å². The van der Waals surface area contributed by atoms with Crippen molar-refractivity contribution in [3.63, 3.8) is 0 Å². The van der Waals surface area contributed by atoms with E-state index in [0.717, 1.165) is 0 Å². The molecule has 0 heterocycles. The minimum atomic E-state index is -1.06. The van der Waals surface area contributed by atoms with Crippen molar-refractivity contribution in [3.05, 3.63) is 0 Å². The number of carbonyl (C=O) groups is 1. The smallest absolute Gasteiger partial charge is 0.322 e. The van der Waals surface area contributed by atoms with E-state index in [9.17, 15) is 4.79 Å². The number of aliphatic hydroxyl groups excluding tert-OH is 1. The molecule has 1 atom stereocenters. The zero-order valence-electron chi connectivity index (χ0n) is 5.08. The molecule has 0 aliphatic carbocycles. The van der Waals surface area contributed by atoms with E-state index < -0.39 is 12.0 Å². The van der Waals surface area contributed by atoms with Gasteiger partial charge in [-0.25, -0.2) is 4.84 Å². The van der Waals surface area contributed by atoms with Gasteiger partial charge < -0.3 is 10.2 Å². The van der Waals surface area contributed by atoms with E-state index in [1.165, 1.54) is 0 Å². The Balaban J connectivity index is 0. The molecule has 0 aliphatic rings. The molecule has 6 heteroatoms. The van der Waals surface area contributed by atoms with Crippen molar-refractivity contribution in [2.75, 3.05) is 6.61 Å². The molecule has 0 aromatic rings. The average molecular weight is 190 g/mol. The summed E-state index contributed by atoms with van der Waals surface area (Å²) in [5.74, 6) is -1.06. The second-order valence-corrected chi connectivity index (χ2v) is 1.73. The van der Waals surface area contributed by atoms with Gasteiger partial charge in [0.05, 0.1) is 0 Å². The lowest BCUT2D eigenvalue weighted by atomic mass is 10.2. The van der Waals surface area contributed by atoms with Crippen molar-refractivity contribution < 1.29 is 15.0 Å². The number of halogens is 2. The summed E-state index contributed by atoms with van der Waals surface area (Å²) in [6, 6.07) is -0.850. The van der Waals surface area contributed by atoms with E-state index in [1.54, 1.807) is 0 Å². The zero-order valence-corrected chi connectivity index (χ0v) is 6.65. The highest BCUT2D eigenvalue weighted by Crippen LogP contribution is 1.91. The van der Waals surface area contributed by atoms with Gasteiger partial charge in [0.25, 0.3) is 0 Å². The highest BCUT2D eigenvalue weighted by molar-refractivity contribution is 6.14. The number of aliphatic hydroxyl groups is 1. The molecule has 0 amide bonds. The molecule has 0 saturated heterocycles. The fourth-order valence-corrected chi connectivity index (χ4v) is 0.556. The molecular formula is C4H9Cl2NO3. The molecular weight excluding hydrogens is 181 g/mol. The number of carboxylic acids is 1. The fourth-order valence-electron chi connectivity index (χ4n) is 0.354. The van der Waals surface area contributed by atoms with Crippen LogP contribution in [0.4, 0.5) is 0 Å². The second-order valence-electron chi connectivity index (χ2n) is 1.51. The van der Waals surface area contributed by atoms with Crippen LogP contribution < -0.4 is 4.84 Å². The summed E-state index contributed by atoms with van der Waals surface area (Å²) in [7, 11) is 0. The van der Waals surface area contributed by atoms with Gasteiger partial charge in [-0.15, -0.1) is 12.4 Å². The number of rotatable bonds is 4. The maximum absolute atomic E-state index is 10.1. The van der Waals surface area contributed by atoms with Crippen LogP contribution in [0, 0.1) is 0 Å². The normalized spacial score (nSPS) is 11.8. The van der Waals surface area contributed by atoms with Crippen LogP contribution in [0.25, 0.3) is 0 Å². The van der Waals surface area contributed by atoms with Gasteiger partial charge in [0.15, 0.2) is 0 Å². The third-order valence-electron chi connectivity index (χ3n) is 0.848. The quantitative estimate of drug-likeness (QED) is 0.545. The standard InChI is InChI=1S/C4H8ClNO3.ClH/c5-6-3(1-2-7)4(8)9;/h3,6-7H,1-2H2,(H,8,9);1H/t3-;/m0./s1. The maximum Gasteiger partial charge on any atom is 0.322 e. The Labute approximate surface area is 69.7 Å². The van der Waals surface area contributed by atoms with Crippen LogP contribution in [-0.2, 0) is 4.79 Å². The summed E-state index contributed by atoms with van der Waals surface area (Å²) in [4.78, 5) is 12.1. The summed E-state index contributed by atoms with van der Waals surface area (Å²) in [5.41, 5.74) is 0. The largest absolute Gasteiger partial charge is 0.480 e. The van der Waals surface area contributed by atoms with E-state index in [0.29, 0.717) is 0 Å². The van der Waals surface area contributed by atoms with Crippen molar-refractivity contribution in [1.82, 2.24) is 4.84 Å². The summed E-state index contributed by atoms with van der Waals surface area (Å²) >= 11 is 5.00. The van der Waals surface area contributed by atoms with E-state index in [2.05, 4.69) is 0 Å². The molecule has 10 heavy (non-hydrogen) atoms. The molecule has 0 fully saturated rings. The molecule has 0 rings (SSSR count). The number of aliphatic carboxylic acids is 1. The first-order valence-corrected chi connectivity index (χ1v) is 2.80. The number of carboxylic acid groups (broad SMARTS) is 1. The topological polar surface area (TPSA) is 69.6 Å². The van der Waals surface area contributed by atoms with E-state index in [-0.39, 0.29) is 25.4 Å². The second kappa shape index (κ2) is 7.08. The van der Waals surface area contributed by atoms with Crippen LogP contribution in [0.15, 0.2) is 0 Å². The first kappa shape index (κ1) is 12.6. The zero-order chi connectivity index (χ0) is 7.28. The minimum absolute atomic E-state index is 0.